The number of carbonyl (C=O) groups excluding carboxylic acids is 2. The highest BCUT2D eigenvalue weighted by molar-refractivity contribution is 5.82. The van der Waals surface area contributed by atoms with Gasteiger partial charge >= 0.3 is 18.1 Å². The standard InChI is InChI=1S/C26H31F3N4O2/c1-18-9-10-20(15-19(18)2)16-31-24(35)33-14-6-12-25(17-33,21-7-4-3-5-8-21)13-11-22(30)32-23(34)26(27,28)29/h3-5,7-10,15H,6,11-14,16-17H2,1-2H3,(H,31,35)(H2,30,32,34)/p+1. The second kappa shape index (κ2) is 10.9. The van der Waals surface area contributed by atoms with Crippen molar-refractivity contribution in [3.8, 4) is 0 Å². The minimum absolute atomic E-state index is 0.0643. The topological polar surface area (TPSA) is 89.4 Å². The van der Waals surface area contributed by atoms with Gasteiger partial charge < -0.3 is 10.2 Å². The number of amidine groups is 1. The average Bonchev–Trinajstić information content (AvgIpc) is 2.83. The van der Waals surface area contributed by atoms with E-state index in [-0.39, 0.29) is 18.3 Å². The van der Waals surface area contributed by atoms with Crippen molar-refractivity contribution in [2.75, 3.05) is 13.1 Å². The number of nitrogens with zero attached hydrogens (tertiary/aromatic N) is 1. The van der Waals surface area contributed by atoms with Crippen LogP contribution in [0.5, 0.6) is 0 Å². The number of aryl methyl sites for hydroxylation is 2. The molecule has 3 amide bonds. The Kier molecular flexibility index (Phi) is 8.19. The van der Waals surface area contributed by atoms with Gasteiger partial charge in [0.05, 0.1) is 0 Å². The number of likely N-dealkylation sites (tertiary alicyclic amines) is 1. The number of carbonyl (C=O) groups is 2. The number of nitrogens with two attached hydrogens (primary N) is 1. The minimum Gasteiger partial charge on any atom is -0.334 e. The fraction of sp³-hybridized carbons (Fsp3) is 0.423. The van der Waals surface area contributed by atoms with Crippen LogP contribution in [0.15, 0.2) is 48.5 Å². The number of halogens is 3. The van der Waals surface area contributed by atoms with E-state index in [0.717, 1.165) is 29.5 Å². The predicted molar refractivity (Wildman–Crippen MR) is 128 cm³/mol. The van der Waals surface area contributed by atoms with Gasteiger partial charge in [0.25, 0.3) is 0 Å². The molecule has 1 unspecified atom stereocenters. The third kappa shape index (κ3) is 6.83. The molecular weight excluding hydrogens is 457 g/mol. The van der Waals surface area contributed by atoms with Crippen LogP contribution in [0, 0.1) is 13.8 Å². The van der Waals surface area contributed by atoms with E-state index in [1.807, 2.05) is 62.4 Å². The monoisotopic (exact) mass is 489 g/mol. The highest BCUT2D eigenvalue weighted by Crippen LogP contribution is 2.38. The van der Waals surface area contributed by atoms with E-state index in [1.165, 1.54) is 5.56 Å². The fourth-order valence-corrected chi connectivity index (χ4v) is 4.54. The molecule has 9 heteroatoms. The summed E-state index contributed by atoms with van der Waals surface area (Å²) in [5.74, 6) is -2.32. The van der Waals surface area contributed by atoms with Crippen molar-refractivity contribution in [2.45, 2.75) is 57.7 Å². The molecule has 188 valence electrons. The first-order valence-corrected chi connectivity index (χ1v) is 11.6. The molecule has 1 atom stereocenters. The molecule has 1 aliphatic rings. The Bertz CT molecular complexity index is 1090. The van der Waals surface area contributed by atoms with E-state index >= 15 is 0 Å². The summed E-state index contributed by atoms with van der Waals surface area (Å²) in [5.41, 5.74) is 9.59. The van der Waals surface area contributed by atoms with E-state index in [4.69, 9.17) is 5.73 Å². The molecule has 1 heterocycles. The molecule has 0 radical (unpaired) electrons. The number of hydrogen-bond donors (Lipinski definition) is 3. The largest absolute Gasteiger partial charge is 0.495 e. The van der Waals surface area contributed by atoms with Crippen LogP contribution in [-0.2, 0) is 16.8 Å². The van der Waals surface area contributed by atoms with Crippen molar-refractivity contribution < 1.29 is 27.8 Å². The number of urea groups is 1. The molecule has 0 saturated carbocycles. The maximum atomic E-state index is 13.0. The molecule has 1 saturated heterocycles. The summed E-state index contributed by atoms with van der Waals surface area (Å²) in [6, 6.07) is 15.5. The number of benzene rings is 2. The van der Waals surface area contributed by atoms with Gasteiger partial charge in [-0.05, 0) is 55.4 Å². The van der Waals surface area contributed by atoms with Gasteiger partial charge in [0.15, 0.2) is 0 Å². The van der Waals surface area contributed by atoms with E-state index in [9.17, 15) is 22.8 Å². The SMILES string of the molecule is Cc1ccc(CNC(=O)N2CCCC(CCC(N)=[NH+]C(=O)C(F)(F)F)(c3ccccc3)C2)cc1C. The zero-order chi connectivity index (χ0) is 25.6. The summed E-state index contributed by atoms with van der Waals surface area (Å²) >= 11 is 0. The van der Waals surface area contributed by atoms with Crippen molar-refractivity contribution in [3.63, 3.8) is 0 Å². The molecule has 0 aliphatic carbocycles. The van der Waals surface area contributed by atoms with Crippen LogP contribution in [0.2, 0.25) is 0 Å². The quantitative estimate of drug-likeness (QED) is 0.431. The second-order valence-electron chi connectivity index (χ2n) is 9.23. The van der Waals surface area contributed by atoms with E-state index in [0.29, 0.717) is 26.1 Å². The highest BCUT2D eigenvalue weighted by atomic mass is 19.4. The van der Waals surface area contributed by atoms with Gasteiger partial charge in [-0.1, -0.05) is 48.5 Å². The van der Waals surface area contributed by atoms with Crippen LogP contribution in [0.1, 0.15) is 47.9 Å². The van der Waals surface area contributed by atoms with Crippen LogP contribution in [0.25, 0.3) is 0 Å². The molecule has 0 bridgehead atoms. The third-order valence-electron chi connectivity index (χ3n) is 6.67. The molecule has 2 aromatic carbocycles. The average molecular weight is 490 g/mol. The summed E-state index contributed by atoms with van der Waals surface area (Å²) in [6.07, 6.45) is -3.06. The second-order valence-corrected chi connectivity index (χ2v) is 9.23. The Balaban J connectivity index is 1.74. The van der Waals surface area contributed by atoms with Gasteiger partial charge in [-0.2, -0.15) is 13.2 Å². The van der Waals surface area contributed by atoms with E-state index in [2.05, 4.69) is 5.32 Å². The zero-order valence-corrected chi connectivity index (χ0v) is 20.0. The number of amides is 3. The van der Waals surface area contributed by atoms with Gasteiger partial charge in [0, 0.05) is 31.5 Å². The summed E-state index contributed by atoms with van der Waals surface area (Å²) < 4.78 is 37.8. The van der Waals surface area contributed by atoms with Crippen LogP contribution in [0.4, 0.5) is 18.0 Å². The lowest BCUT2D eigenvalue weighted by molar-refractivity contribution is -0.408. The zero-order valence-electron chi connectivity index (χ0n) is 20.0. The van der Waals surface area contributed by atoms with Crippen LogP contribution in [0.3, 0.4) is 0 Å². The van der Waals surface area contributed by atoms with Gasteiger partial charge in [-0.25, -0.2) is 14.6 Å². The van der Waals surface area contributed by atoms with Crippen LogP contribution >= 0.6 is 0 Å². The van der Waals surface area contributed by atoms with Crippen molar-refractivity contribution in [1.29, 1.82) is 0 Å². The number of alkyl halides is 3. The van der Waals surface area contributed by atoms with Crippen molar-refractivity contribution in [2.24, 2.45) is 5.73 Å². The van der Waals surface area contributed by atoms with Gasteiger partial charge in [0.1, 0.15) is 0 Å². The van der Waals surface area contributed by atoms with E-state index in [1.54, 1.807) is 9.89 Å². The molecule has 3 rings (SSSR count). The molecule has 6 nitrogen and oxygen atoms in total. The first-order chi connectivity index (χ1) is 16.5. The molecule has 4 N–H and O–H groups in total. The number of rotatable bonds is 6. The molecule has 0 spiro atoms. The molecule has 0 aromatic heterocycles. The maximum absolute atomic E-state index is 13.0. The van der Waals surface area contributed by atoms with Gasteiger partial charge in [0.2, 0.25) is 5.84 Å². The van der Waals surface area contributed by atoms with Crippen LogP contribution < -0.4 is 16.0 Å². The summed E-state index contributed by atoms with van der Waals surface area (Å²) in [7, 11) is 0. The summed E-state index contributed by atoms with van der Waals surface area (Å²) in [4.78, 5) is 27.8. The Hall–Kier alpha value is -3.36. The van der Waals surface area contributed by atoms with E-state index < -0.39 is 17.5 Å². The first-order valence-electron chi connectivity index (χ1n) is 11.6. The van der Waals surface area contributed by atoms with Crippen molar-refractivity contribution >= 4 is 17.8 Å². The molecule has 2 aromatic rings. The Morgan fingerprint density at radius 3 is 2.49 bits per heavy atom. The first kappa shape index (κ1) is 26.2. The molecule has 35 heavy (non-hydrogen) atoms. The minimum atomic E-state index is -5.00. The third-order valence-corrected chi connectivity index (χ3v) is 6.67. The normalized spacial score (nSPS) is 18.9. The van der Waals surface area contributed by atoms with Crippen molar-refractivity contribution in [3.05, 3.63) is 70.8 Å². The Morgan fingerprint density at radius 2 is 1.83 bits per heavy atom. The highest BCUT2D eigenvalue weighted by Gasteiger charge is 2.42. The van der Waals surface area contributed by atoms with Gasteiger partial charge in [-0.15, -0.1) is 0 Å². The predicted octanol–water partition coefficient (Wildman–Crippen LogP) is 2.85. The number of piperidine rings is 1. The lowest BCUT2D eigenvalue weighted by Gasteiger charge is -2.43. The lowest BCUT2D eigenvalue weighted by atomic mass is 9.71. The molecule has 1 fully saturated rings. The summed E-state index contributed by atoms with van der Waals surface area (Å²) in [5, 5.41) is 2.99. The number of hydrogen-bond acceptors (Lipinski definition) is 2. The smallest absolute Gasteiger partial charge is 0.334 e. The Labute approximate surface area is 203 Å². The fourth-order valence-electron chi connectivity index (χ4n) is 4.54. The van der Waals surface area contributed by atoms with Crippen molar-refractivity contribution in [1.82, 2.24) is 10.2 Å². The summed E-state index contributed by atoms with van der Waals surface area (Å²) in [6.45, 7) is 5.44. The molecular formula is C26H32F3N4O2+. The van der Waals surface area contributed by atoms with Gasteiger partial charge in [-0.3, -0.25) is 5.73 Å². The lowest BCUT2D eigenvalue weighted by Crippen LogP contribution is -2.83. The number of nitrogens with one attached hydrogen (secondary N) is 2. The molecule has 1 aliphatic heterocycles. The maximum Gasteiger partial charge on any atom is 0.495 e. The van der Waals surface area contributed by atoms with Crippen LogP contribution in [-0.4, -0.2) is 41.9 Å². The Morgan fingerprint density at radius 1 is 1.11 bits per heavy atom.